The van der Waals surface area contributed by atoms with Crippen molar-refractivity contribution in [2.75, 3.05) is 16.4 Å². The summed E-state index contributed by atoms with van der Waals surface area (Å²) in [5.41, 5.74) is 0.696. The van der Waals surface area contributed by atoms with Crippen LogP contribution in [0.1, 0.15) is 13.8 Å². The molecule has 8 heteroatoms. The van der Waals surface area contributed by atoms with E-state index >= 15 is 0 Å². The van der Waals surface area contributed by atoms with Gasteiger partial charge in [-0.3, -0.25) is 4.79 Å². The molecule has 1 amide bonds. The summed E-state index contributed by atoms with van der Waals surface area (Å²) in [6, 6.07) is 6.99. The predicted octanol–water partition coefficient (Wildman–Crippen LogP) is 2.60. The smallest absolute Gasteiger partial charge is 0.250 e. The molecule has 23 heavy (non-hydrogen) atoms. The summed E-state index contributed by atoms with van der Waals surface area (Å²) in [5, 5.41) is 0.944. The van der Waals surface area contributed by atoms with Crippen LogP contribution in [0, 0.1) is 5.92 Å². The van der Waals surface area contributed by atoms with E-state index in [1.54, 1.807) is 19.9 Å². The minimum atomic E-state index is -3.07. The van der Waals surface area contributed by atoms with Crippen LogP contribution in [0.3, 0.4) is 0 Å². The summed E-state index contributed by atoms with van der Waals surface area (Å²) < 4.78 is 23.9. The number of hydrogen-bond donors (Lipinski definition) is 0. The van der Waals surface area contributed by atoms with Gasteiger partial charge in [-0.1, -0.05) is 49.3 Å². The van der Waals surface area contributed by atoms with E-state index < -0.39 is 9.84 Å². The van der Waals surface area contributed by atoms with Crippen LogP contribution in [-0.4, -0.2) is 42.3 Å². The van der Waals surface area contributed by atoms with E-state index in [0.717, 1.165) is 0 Å². The third kappa shape index (κ3) is 3.27. The number of thioether (sulfide) groups is 1. The molecule has 0 aromatic heterocycles. The molecular formula is C15H17ClN2O3S2. The molecule has 2 heterocycles. The molecule has 1 aromatic rings. The maximum atomic E-state index is 12.0. The average Bonchev–Trinajstić information content (AvgIpc) is 2.91. The Morgan fingerprint density at radius 2 is 2.04 bits per heavy atom. The fraction of sp³-hybridized carbons (Fsp3) is 0.467. The largest absolute Gasteiger partial charge is 0.314 e. The summed E-state index contributed by atoms with van der Waals surface area (Å²) in [7, 11) is -3.07. The number of hydrogen-bond acceptors (Lipinski definition) is 4. The summed E-state index contributed by atoms with van der Waals surface area (Å²) in [5.74, 6) is -0.254. The Bertz CT molecular complexity index is 777. The number of amides is 1. The van der Waals surface area contributed by atoms with Gasteiger partial charge in [-0.2, -0.15) is 4.99 Å². The molecule has 2 atom stereocenters. The van der Waals surface area contributed by atoms with Crippen molar-refractivity contribution in [3.05, 3.63) is 29.3 Å². The standard InChI is InChI=1S/C15H17ClN2O3S2/c1-9(2)14(19)17-15-18(11-6-4-3-5-10(11)16)12-7-23(20,21)8-13(12)22-15/h3-6,9,12-13H,7-8H2,1-2H3. The van der Waals surface area contributed by atoms with Crippen LogP contribution < -0.4 is 4.90 Å². The van der Waals surface area contributed by atoms with Crippen LogP contribution in [-0.2, 0) is 14.6 Å². The van der Waals surface area contributed by atoms with Crippen LogP contribution in [0.15, 0.2) is 29.3 Å². The number of amidine groups is 1. The molecule has 0 radical (unpaired) electrons. The first-order valence-corrected chi connectivity index (χ1v) is 10.4. The number of benzene rings is 1. The first-order valence-electron chi connectivity index (χ1n) is 7.32. The monoisotopic (exact) mass is 372 g/mol. The molecule has 2 fully saturated rings. The lowest BCUT2D eigenvalue weighted by molar-refractivity contribution is -0.120. The highest BCUT2D eigenvalue weighted by molar-refractivity contribution is 8.16. The predicted molar refractivity (Wildman–Crippen MR) is 95.0 cm³/mol. The molecule has 0 aliphatic carbocycles. The van der Waals surface area contributed by atoms with Crippen molar-refractivity contribution in [2.45, 2.75) is 25.1 Å². The molecule has 2 saturated heterocycles. The summed E-state index contributed by atoms with van der Waals surface area (Å²) in [6.45, 7) is 3.58. The van der Waals surface area contributed by atoms with Gasteiger partial charge in [-0.25, -0.2) is 8.42 Å². The molecule has 124 valence electrons. The van der Waals surface area contributed by atoms with Crippen molar-refractivity contribution >= 4 is 50.0 Å². The Balaban J connectivity index is 2.05. The van der Waals surface area contributed by atoms with E-state index in [-0.39, 0.29) is 34.6 Å². The number of carbonyl (C=O) groups excluding carboxylic acids is 1. The number of rotatable bonds is 2. The van der Waals surface area contributed by atoms with Gasteiger partial charge in [0.15, 0.2) is 15.0 Å². The van der Waals surface area contributed by atoms with Gasteiger partial charge < -0.3 is 4.90 Å². The number of sulfone groups is 1. The number of carbonyl (C=O) groups is 1. The van der Waals surface area contributed by atoms with Crippen LogP contribution in [0.4, 0.5) is 5.69 Å². The van der Waals surface area contributed by atoms with Gasteiger partial charge in [0.1, 0.15) is 0 Å². The van der Waals surface area contributed by atoms with E-state index in [2.05, 4.69) is 4.99 Å². The Morgan fingerprint density at radius 3 is 2.70 bits per heavy atom. The second-order valence-electron chi connectivity index (χ2n) is 6.01. The number of para-hydroxylation sites is 1. The minimum absolute atomic E-state index is 0.0603. The van der Waals surface area contributed by atoms with E-state index in [1.807, 2.05) is 23.1 Å². The molecular weight excluding hydrogens is 356 g/mol. The van der Waals surface area contributed by atoms with Crippen LogP contribution in [0.2, 0.25) is 5.02 Å². The van der Waals surface area contributed by atoms with Crippen molar-refractivity contribution in [2.24, 2.45) is 10.9 Å². The van der Waals surface area contributed by atoms with Gasteiger partial charge in [0.2, 0.25) is 0 Å². The molecule has 2 aliphatic heterocycles. The van der Waals surface area contributed by atoms with Crippen molar-refractivity contribution in [3.8, 4) is 0 Å². The van der Waals surface area contributed by atoms with E-state index in [9.17, 15) is 13.2 Å². The fourth-order valence-corrected chi connectivity index (χ4v) is 6.86. The zero-order chi connectivity index (χ0) is 16.8. The van der Waals surface area contributed by atoms with E-state index in [1.165, 1.54) is 11.8 Å². The third-order valence-electron chi connectivity index (χ3n) is 3.88. The SMILES string of the molecule is CC(C)C(=O)N=C1SC2CS(=O)(=O)CC2N1c1ccccc1Cl. The maximum Gasteiger partial charge on any atom is 0.250 e. The third-order valence-corrected chi connectivity index (χ3v) is 7.41. The molecule has 1 aromatic carbocycles. The number of aliphatic imine (C=N–C) groups is 1. The molecule has 0 N–H and O–H groups in total. The lowest BCUT2D eigenvalue weighted by Crippen LogP contribution is -2.38. The zero-order valence-corrected chi connectivity index (χ0v) is 15.2. The lowest BCUT2D eigenvalue weighted by atomic mass is 10.2. The van der Waals surface area contributed by atoms with Crippen LogP contribution in [0.5, 0.6) is 0 Å². The summed E-state index contributed by atoms with van der Waals surface area (Å²) in [4.78, 5) is 18.1. The van der Waals surface area contributed by atoms with Gasteiger partial charge in [-0.15, -0.1) is 0 Å². The summed E-state index contributed by atoms with van der Waals surface area (Å²) >= 11 is 7.65. The van der Waals surface area contributed by atoms with Gasteiger partial charge in [-0.05, 0) is 12.1 Å². The Hall–Kier alpha value is -1.05. The quantitative estimate of drug-likeness (QED) is 0.798. The molecule has 2 unspecified atom stereocenters. The highest BCUT2D eigenvalue weighted by Crippen LogP contribution is 2.43. The van der Waals surface area contributed by atoms with Gasteiger partial charge in [0.05, 0.1) is 28.3 Å². The van der Waals surface area contributed by atoms with E-state index in [0.29, 0.717) is 15.9 Å². The molecule has 5 nitrogen and oxygen atoms in total. The second-order valence-corrected chi connectivity index (χ2v) is 9.78. The molecule has 0 bridgehead atoms. The minimum Gasteiger partial charge on any atom is -0.314 e. The number of anilines is 1. The number of nitrogens with zero attached hydrogens (tertiary/aromatic N) is 2. The van der Waals surface area contributed by atoms with Crippen molar-refractivity contribution in [1.82, 2.24) is 0 Å². The first kappa shape index (κ1) is 16.8. The maximum absolute atomic E-state index is 12.0. The lowest BCUT2D eigenvalue weighted by Gasteiger charge is -2.25. The van der Waals surface area contributed by atoms with Crippen molar-refractivity contribution < 1.29 is 13.2 Å². The highest BCUT2D eigenvalue weighted by Gasteiger charge is 2.49. The topological polar surface area (TPSA) is 66.8 Å². The Morgan fingerprint density at radius 1 is 1.35 bits per heavy atom. The average molecular weight is 373 g/mol. The molecule has 0 saturated carbocycles. The molecule has 0 spiro atoms. The fourth-order valence-electron chi connectivity index (χ4n) is 2.72. The zero-order valence-electron chi connectivity index (χ0n) is 12.8. The van der Waals surface area contributed by atoms with Crippen molar-refractivity contribution in [3.63, 3.8) is 0 Å². The normalized spacial score (nSPS) is 27.7. The Labute approximate surface area is 145 Å². The second kappa shape index (κ2) is 6.11. The van der Waals surface area contributed by atoms with Crippen LogP contribution >= 0.6 is 23.4 Å². The van der Waals surface area contributed by atoms with Gasteiger partial charge >= 0.3 is 0 Å². The molecule has 2 aliphatic rings. The molecule has 3 rings (SSSR count). The van der Waals surface area contributed by atoms with Crippen LogP contribution in [0.25, 0.3) is 0 Å². The first-order chi connectivity index (χ1) is 10.8. The van der Waals surface area contributed by atoms with Gasteiger partial charge in [0.25, 0.3) is 5.91 Å². The van der Waals surface area contributed by atoms with Gasteiger partial charge in [0, 0.05) is 11.2 Å². The highest BCUT2D eigenvalue weighted by atomic mass is 35.5. The van der Waals surface area contributed by atoms with Crippen molar-refractivity contribution in [1.29, 1.82) is 0 Å². The van der Waals surface area contributed by atoms with E-state index in [4.69, 9.17) is 11.6 Å². The summed E-state index contributed by atoms with van der Waals surface area (Å²) in [6.07, 6.45) is 0. The Kier molecular flexibility index (Phi) is 4.46. The number of fused-ring (bicyclic) bond motifs is 1. The number of halogens is 1.